The molecule has 0 aliphatic heterocycles. The van der Waals surface area contributed by atoms with Gasteiger partial charge in [-0.3, -0.25) is 10.1 Å². The second-order valence-electron chi connectivity index (χ2n) is 4.57. The summed E-state index contributed by atoms with van der Waals surface area (Å²) in [5.41, 5.74) is 0.604. The number of hydrogen-bond donors (Lipinski definition) is 0. The molecule has 1 aromatic rings. The second kappa shape index (κ2) is 4.95. The van der Waals surface area contributed by atoms with Crippen molar-refractivity contribution >= 4 is 15.9 Å². The van der Waals surface area contributed by atoms with Crippen molar-refractivity contribution in [2.24, 2.45) is 5.92 Å². The van der Waals surface area contributed by atoms with E-state index in [-0.39, 0.29) is 17.4 Å². The molecule has 0 heterocycles. The third-order valence-corrected chi connectivity index (χ3v) is 3.76. The van der Waals surface area contributed by atoms with Crippen molar-refractivity contribution in [1.29, 1.82) is 0 Å². The van der Waals surface area contributed by atoms with E-state index in [0.29, 0.717) is 0 Å². The SMILES string of the molecule is CC(C)[C@](C)(C[N+](=O)[O-])c1ccc(Br)cc1. The van der Waals surface area contributed by atoms with Crippen LogP contribution in [0.2, 0.25) is 0 Å². The van der Waals surface area contributed by atoms with Crippen molar-refractivity contribution in [2.45, 2.75) is 26.2 Å². The van der Waals surface area contributed by atoms with Gasteiger partial charge in [0, 0.05) is 9.40 Å². The first-order chi connectivity index (χ1) is 7.36. The molecule has 1 atom stereocenters. The predicted octanol–water partition coefficient (Wildman–Crippen LogP) is 3.64. The number of rotatable bonds is 4. The number of hydrogen-bond acceptors (Lipinski definition) is 2. The van der Waals surface area contributed by atoms with Gasteiger partial charge in [-0.2, -0.15) is 0 Å². The Balaban J connectivity index is 3.10. The van der Waals surface area contributed by atoms with Gasteiger partial charge in [0.1, 0.15) is 0 Å². The molecule has 0 aliphatic carbocycles. The molecule has 0 aromatic heterocycles. The Morgan fingerprint density at radius 1 is 1.38 bits per heavy atom. The van der Waals surface area contributed by atoms with E-state index < -0.39 is 5.41 Å². The highest BCUT2D eigenvalue weighted by atomic mass is 79.9. The summed E-state index contributed by atoms with van der Waals surface area (Å²) < 4.78 is 0.989. The van der Waals surface area contributed by atoms with E-state index in [1.165, 1.54) is 0 Å². The molecule has 1 aromatic carbocycles. The van der Waals surface area contributed by atoms with Gasteiger partial charge in [-0.1, -0.05) is 41.9 Å². The average molecular weight is 286 g/mol. The minimum Gasteiger partial charge on any atom is -0.265 e. The molecule has 0 unspecified atom stereocenters. The summed E-state index contributed by atoms with van der Waals surface area (Å²) >= 11 is 3.37. The molecule has 3 nitrogen and oxygen atoms in total. The fourth-order valence-corrected chi connectivity index (χ4v) is 1.97. The molecule has 1 rings (SSSR count). The Hall–Kier alpha value is -0.900. The molecule has 4 heteroatoms. The summed E-state index contributed by atoms with van der Waals surface area (Å²) in [4.78, 5) is 10.5. The molecule has 88 valence electrons. The third kappa shape index (κ3) is 2.82. The highest BCUT2D eigenvalue weighted by Gasteiger charge is 2.35. The molecule has 0 saturated heterocycles. The first kappa shape index (κ1) is 13.2. The van der Waals surface area contributed by atoms with Crippen molar-refractivity contribution in [3.63, 3.8) is 0 Å². The summed E-state index contributed by atoms with van der Waals surface area (Å²) in [5, 5.41) is 10.8. The maximum atomic E-state index is 10.8. The normalized spacial score (nSPS) is 14.8. The molecule has 0 N–H and O–H groups in total. The van der Waals surface area contributed by atoms with E-state index in [9.17, 15) is 10.1 Å². The fraction of sp³-hybridized carbons (Fsp3) is 0.500. The summed E-state index contributed by atoms with van der Waals surface area (Å²) in [7, 11) is 0. The second-order valence-corrected chi connectivity index (χ2v) is 5.49. The lowest BCUT2D eigenvalue weighted by atomic mass is 9.73. The van der Waals surface area contributed by atoms with Crippen LogP contribution >= 0.6 is 15.9 Å². The molecule has 0 spiro atoms. The maximum absolute atomic E-state index is 10.8. The summed E-state index contributed by atoms with van der Waals surface area (Å²) in [6.45, 7) is 5.95. The molecule has 0 bridgehead atoms. The van der Waals surface area contributed by atoms with Gasteiger partial charge in [-0.15, -0.1) is 0 Å². The first-order valence-electron chi connectivity index (χ1n) is 5.24. The minimum absolute atomic E-state index is 0.0354. The molecular formula is C12H16BrNO2. The van der Waals surface area contributed by atoms with Crippen molar-refractivity contribution in [1.82, 2.24) is 0 Å². The molecule has 0 fully saturated rings. The van der Waals surface area contributed by atoms with Crippen LogP contribution in [-0.4, -0.2) is 11.5 Å². The van der Waals surface area contributed by atoms with Crippen LogP contribution in [0, 0.1) is 16.0 Å². The van der Waals surface area contributed by atoms with Crippen LogP contribution in [0.15, 0.2) is 28.7 Å². The molecule has 0 aliphatic rings. The Bertz CT molecular complexity index is 375. The molecule has 16 heavy (non-hydrogen) atoms. The van der Waals surface area contributed by atoms with E-state index in [1.54, 1.807) is 0 Å². The van der Waals surface area contributed by atoms with Crippen LogP contribution in [0.4, 0.5) is 0 Å². The van der Waals surface area contributed by atoms with Crippen LogP contribution in [-0.2, 0) is 5.41 Å². The molecule has 0 saturated carbocycles. The minimum atomic E-state index is -0.413. The van der Waals surface area contributed by atoms with E-state index in [2.05, 4.69) is 15.9 Å². The van der Waals surface area contributed by atoms with Crippen molar-refractivity contribution in [2.75, 3.05) is 6.54 Å². The van der Waals surface area contributed by atoms with Crippen molar-refractivity contribution < 1.29 is 4.92 Å². The van der Waals surface area contributed by atoms with Crippen LogP contribution in [0.3, 0.4) is 0 Å². The summed E-state index contributed by atoms with van der Waals surface area (Å²) in [6.07, 6.45) is 0. The Morgan fingerprint density at radius 3 is 2.25 bits per heavy atom. The summed E-state index contributed by atoms with van der Waals surface area (Å²) in [5.74, 6) is 0.221. The Morgan fingerprint density at radius 2 is 1.88 bits per heavy atom. The van der Waals surface area contributed by atoms with E-state index in [0.717, 1.165) is 10.0 Å². The predicted molar refractivity (Wildman–Crippen MR) is 68.2 cm³/mol. The number of nitrogens with zero attached hydrogens (tertiary/aromatic N) is 1. The maximum Gasteiger partial charge on any atom is 0.213 e. The molecule has 0 amide bonds. The van der Waals surface area contributed by atoms with Crippen LogP contribution in [0.5, 0.6) is 0 Å². The van der Waals surface area contributed by atoms with Gasteiger partial charge in [0.15, 0.2) is 0 Å². The van der Waals surface area contributed by atoms with Gasteiger partial charge in [0.2, 0.25) is 6.54 Å². The lowest BCUT2D eigenvalue weighted by Gasteiger charge is -2.30. The highest BCUT2D eigenvalue weighted by Crippen LogP contribution is 2.32. The van der Waals surface area contributed by atoms with Gasteiger partial charge in [-0.05, 0) is 30.5 Å². The highest BCUT2D eigenvalue weighted by molar-refractivity contribution is 9.10. The number of nitro groups is 1. The first-order valence-corrected chi connectivity index (χ1v) is 6.03. The smallest absolute Gasteiger partial charge is 0.213 e. The zero-order chi connectivity index (χ0) is 12.3. The van der Waals surface area contributed by atoms with Gasteiger partial charge >= 0.3 is 0 Å². The van der Waals surface area contributed by atoms with Gasteiger partial charge in [0.05, 0.1) is 5.41 Å². The lowest BCUT2D eigenvalue weighted by molar-refractivity contribution is -0.492. The molecule has 0 radical (unpaired) electrons. The average Bonchev–Trinajstić information content (AvgIpc) is 2.17. The third-order valence-electron chi connectivity index (χ3n) is 3.24. The number of halogens is 1. The fourth-order valence-electron chi connectivity index (χ4n) is 1.71. The van der Waals surface area contributed by atoms with Gasteiger partial charge in [0.25, 0.3) is 0 Å². The Kier molecular flexibility index (Phi) is 4.08. The lowest BCUT2D eigenvalue weighted by Crippen LogP contribution is -2.36. The van der Waals surface area contributed by atoms with Gasteiger partial charge < -0.3 is 0 Å². The van der Waals surface area contributed by atoms with E-state index >= 15 is 0 Å². The monoisotopic (exact) mass is 285 g/mol. The largest absolute Gasteiger partial charge is 0.265 e. The topological polar surface area (TPSA) is 43.1 Å². The van der Waals surface area contributed by atoms with Crippen molar-refractivity contribution in [3.05, 3.63) is 44.4 Å². The van der Waals surface area contributed by atoms with Crippen LogP contribution in [0.25, 0.3) is 0 Å². The number of benzene rings is 1. The molecular weight excluding hydrogens is 270 g/mol. The zero-order valence-corrected chi connectivity index (χ0v) is 11.3. The quantitative estimate of drug-likeness (QED) is 0.626. The van der Waals surface area contributed by atoms with Crippen LogP contribution < -0.4 is 0 Å². The summed E-state index contributed by atoms with van der Waals surface area (Å²) in [6, 6.07) is 7.76. The van der Waals surface area contributed by atoms with Crippen LogP contribution in [0.1, 0.15) is 26.3 Å². The van der Waals surface area contributed by atoms with E-state index in [4.69, 9.17) is 0 Å². The Labute approximate surface area is 104 Å². The standard InChI is InChI=1S/C12H16BrNO2/c1-9(2)12(3,8-14(15)16)10-4-6-11(13)7-5-10/h4-7,9H,8H2,1-3H3/t12-/m0/s1. The van der Waals surface area contributed by atoms with Crippen molar-refractivity contribution in [3.8, 4) is 0 Å². The van der Waals surface area contributed by atoms with E-state index in [1.807, 2.05) is 45.0 Å². The zero-order valence-electron chi connectivity index (χ0n) is 9.74. The van der Waals surface area contributed by atoms with Gasteiger partial charge in [-0.25, -0.2) is 0 Å².